The average Bonchev–Trinajstić information content (AvgIpc) is 2.10. The lowest BCUT2D eigenvalue weighted by Gasteiger charge is -2.13. The van der Waals surface area contributed by atoms with Crippen molar-refractivity contribution in [2.45, 2.75) is 23.7 Å². The predicted octanol–water partition coefficient (Wildman–Crippen LogP) is 0.224. The Morgan fingerprint density at radius 1 is 1.20 bits per heavy atom. The van der Waals surface area contributed by atoms with Gasteiger partial charge in [0.15, 0.2) is 4.84 Å². The van der Waals surface area contributed by atoms with Crippen molar-refractivity contribution in [3.05, 3.63) is 0 Å². The van der Waals surface area contributed by atoms with Crippen LogP contribution in [0.2, 0.25) is 0 Å². The summed E-state index contributed by atoms with van der Waals surface area (Å²) in [7, 11) is 0. The monoisotopic (exact) mass is 257 g/mol. The Bertz CT molecular complexity index is 268. The summed E-state index contributed by atoms with van der Waals surface area (Å²) in [5, 5.41) is 19.0. The molecule has 8 heteroatoms. The average molecular weight is 258 g/mol. The van der Waals surface area contributed by atoms with E-state index in [1.54, 1.807) is 0 Å². The van der Waals surface area contributed by atoms with Crippen molar-refractivity contribution in [3.63, 3.8) is 0 Å². The second-order valence-corrected chi connectivity index (χ2v) is 3.73. The molecule has 0 spiro atoms. The van der Waals surface area contributed by atoms with Gasteiger partial charge in [0.2, 0.25) is 0 Å². The smallest absolute Gasteiger partial charge is 0.326 e. The molecule has 0 saturated heterocycles. The lowest BCUT2D eigenvalue weighted by Crippen LogP contribution is -2.43. The van der Waals surface area contributed by atoms with Gasteiger partial charge < -0.3 is 15.5 Å². The summed E-state index contributed by atoms with van der Waals surface area (Å²) in [6.07, 6.45) is -0.594. The van der Waals surface area contributed by atoms with E-state index in [4.69, 9.17) is 33.4 Å². The summed E-state index contributed by atoms with van der Waals surface area (Å²) in [5.41, 5.74) is 0. The summed E-state index contributed by atoms with van der Waals surface area (Å²) in [6.45, 7) is 0. The molecule has 0 rings (SSSR count). The quantitative estimate of drug-likeness (QED) is 0.591. The molecule has 0 heterocycles. The van der Waals surface area contributed by atoms with Gasteiger partial charge in [-0.05, 0) is 6.42 Å². The van der Waals surface area contributed by atoms with Gasteiger partial charge >= 0.3 is 11.9 Å². The first-order valence-corrected chi connectivity index (χ1v) is 4.75. The first-order valence-electron chi connectivity index (χ1n) is 3.87. The number of aliphatic carboxylic acids is 2. The van der Waals surface area contributed by atoms with E-state index >= 15 is 0 Å². The fourth-order valence-electron chi connectivity index (χ4n) is 0.760. The van der Waals surface area contributed by atoms with Gasteiger partial charge in [-0.2, -0.15) is 0 Å². The summed E-state index contributed by atoms with van der Waals surface area (Å²) < 4.78 is 0. The van der Waals surface area contributed by atoms with Crippen LogP contribution in [-0.4, -0.2) is 38.9 Å². The Hall–Kier alpha value is -1.01. The van der Waals surface area contributed by atoms with Crippen LogP contribution in [-0.2, 0) is 14.4 Å². The molecule has 0 aromatic heterocycles. The van der Waals surface area contributed by atoms with Crippen LogP contribution >= 0.6 is 23.2 Å². The molecule has 3 N–H and O–H groups in total. The molecule has 0 aromatic carbocycles. The van der Waals surface area contributed by atoms with E-state index in [0.717, 1.165) is 0 Å². The molecule has 0 fully saturated rings. The minimum Gasteiger partial charge on any atom is -0.481 e. The van der Waals surface area contributed by atoms with Gasteiger partial charge in [-0.25, -0.2) is 4.79 Å². The van der Waals surface area contributed by atoms with Gasteiger partial charge in [-0.15, -0.1) is 0 Å². The van der Waals surface area contributed by atoms with Gasteiger partial charge in [0.25, 0.3) is 5.91 Å². The highest BCUT2D eigenvalue weighted by Crippen LogP contribution is 2.04. The van der Waals surface area contributed by atoms with E-state index in [2.05, 4.69) is 0 Å². The number of alkyl halides is 2. The number of carbonyl (C=O) groups excluding carboxylic acids is 1. The van der Waals surface area contributed by atoms with Crippen molar-refractivity contribution in [1.82, 2.24) is 5.32 Å². The zero-order chi connectivity index (χ0) is 12.0. The van der Waals surface area contributed by atoms with Crippen molar-refractivity contribution >= 4 is 41.0 Å². The van der Waals surface area contributed by atoms with Crippen molar-refractivity contribution in [2.75, 3.05) is 0 Å². The third-order valence-electron chi connectivity index (χ3n) is 1.46. The highest BCUT2D eigenvalue weighted by atomic mass is 35.5. The Labute approximate surface area is 95.2 Å². The number of halogens is 2. The fraction of sp³-hybridized carbons (Fsp3) is 0.571. The zero-order valence-electron chi connectivity index (χ0n) is 7.44. The van der Waals surface area contributed by atoms with E-state index in [9.17, 15) is 14.4 Å². The third kappa shape index (κ3) is 6.14. The maximum Gasteiger partial charge on any atom is 0.326 e. The lowest BCUT2D eigenvalue weighted by atomic mass is 10.1. The Morgan fingerprint density at radius 2 is 1.73 bits per heavy atom. The molecule has 1 unspecified atom stereocenters. The van der Waals surface area contributed by atoms with E-state index in [1.807, 2.05) is 5.32 Å². The summed E-state index contributed by atoms with van der Waals surface area (Å²) >= 11 is 10.4. The molecule has 1 amide bonds. The Kier molecular flexibility index (Phi) is 6.03. The molecular formula is C7H9Cl2NO5. The molecular weight excluding hydrogens is 249 g/mol. The fourth-order valence-corrected chi connectivity index (χ4v) is 0.886. The number of amides is 1. The molecule has 15 heavy (non-hydrogen) atoms. The molecule has 0 aliphatic carbocycles. The lowest BCUT2D eigenvalue weighted by molar-refractivity contribution is -0.142. The number of carbonyl (C=O) groups is 3. The molecule has 6 nitrogen and oxygen atoms in total. The number of hydrogen-bond acceptors (Lipinski definition) is 3. The van der Waals surface area contributed by atoms with Gasteiger partial charge in [0.1, 0.15) is 6.04 Å². The number of hydrogen-bond donors (Lipinski definition) is 3. The van der Waals surface area contributed by atoms with Crippen LogP contribution in [0.5, 0.6) is 0 Å². The van der Waals surface area contributed by atoms with E-state index in [1.165, 1.54) is 0 Å². The Morgan fingerprint density at radius 3 is 2.07 bits per heavy atom. The third-order valence-corrected chi connectivity index (χ3v) is 1.86. The zero-order valence-corrected chi connectivity index (χ0v) is 8.96. The molecule has 1 atom stereocenters. The van der Waals surface area contributed by atoms with Crippen molar-refractivity contribution in [2.24, 2.45) is 0 Å². The number of carboxylic acid groups (broad SMARTS) is 2. The molecule has 86 valence electrons. The summed E-state index contributed by atoms with van der Waals surface area (Å²) in [6, 6.07) is -1.30. The van der Waals surface area contributed by atoms with Crippen LogP contribution in [0.25, 0.3) is 0 Å². The molecule has 0 saturated carbocycles. The van der Waals surface area contributed by atoms with E-state index in [0.29, 0.717) is 0 Å². The summed E-state index contributed by atoms with van der Waals surface area (Å²) in [5.74, 6) is -3.35. The molecule has 0 bridgehead atoms. The highest BCUT2D eigenvalue weighted by Gasteiger charge is 2.23. The van der Waals surface area contributed by atoms with Gasteiger partial charge in [-0.1, -0.05) is 23.2 Å². The minimum absolute atomic E-state index is 0.225. The van der Waals surface area contributed by atoms with Crippen molar-refractivity contribution in [1.29, 1.82) is 0 Å². The normalized spacial score (nSPS) is 12.2. The first-order chi connectivity index (χ1) is 6.84. The van der Waals surface area contributed by atoms with Crippen LogP contribution < -0.4 is 5.32 Å². The van der Waals surface area contributed by atoms with Gasteiger partial charge in [0, 0.05) is 6.42 Å². The van der Waals surface area contributed by atoms with Crippen molar-refractivity contribution < 1.29 is 24.6 Å². The number of rotatable bonds is 6. The van der Waals surface area contributed by atoms with Crippen molar-refractivity contribution in [3.8, 4) is 0 Å². The number of carboxylic acids is 2. The summed E-state index contributed by atoms with van der Waals surface area (Å²) in [4.78, 5) is 30.3. The second kappa shape index (κ2) is 6.47. The molecule has 0 aromatic rings. The number of nitrogens with one attached hydrogen (secondary N) is 1. The van der Waals surface area contributed by atoms with Crippen LogP contribution in [0, 0.1) is 0 Å². The van der Waals surface area contributed by atoms with Crippen LogP contribution in [0.4, 0.5) is 0 Å². The maximum absolute atomic E-state index is 10.9. The SMILES string of the molecule is O=C(O)CCC(NC(=O)C(Cl)Cl)C(=O)O. The van der Waals surface area contributed by atoms with E-state index in [-0.39, 0.29) is 12.8 Å². The predicted molar refractivity (Wildman–Crippen MR) is 51.9 cm³/mol. The molecule has 0 aliphatic rings. The maximum atomic E-state index is 10.9. The standard InChI is InChI=1S/C7H9Cl2NO5/c8-5(9)6(13)10-3(7(14)15)1-2-4(11)12/h3,5H,1-2H2,(H,10,13)(H,11,12)(H,14,15). The molecule has 0 radical (unpaired) electrons. The van der Waals surface area contributed by atoms with Crippen LogP contribution in [0.15, 0.2) is 0 Å². The van der Waals surface area contributed by atoms with E-state index < -0.39 is 28.7 Å². The first kappa shape index (κ1) is 14.0. The highest BCUT2D eigenvalue weighted by molar-refractivity contribution is 6.53. The van der Waals surface area contributed by atoms with Gasteiger partial charge in [0.05, 0.1) is 0 Å². The largest absolute Gasteiger partial charge is 0.481 e. The Balaban J connectivity index is 4.22. The van der Waals surface area contributed by atoms with Crippen LogP contribution in [0.3, 0.4) is 0 Å². The topological polar surface area (TPSA) is 104 Å². The van der Waals surface area contributed by atoms with Crippen LogP contribution in [0.1, 0.15) is 12.8 Å². The second-order valence-electron chi connectivity index (χ2n) is 2.63. The van der Waals surface area contributed by atoms with Gasteiger partial charge in [-0.3, -0.25) is 9.59 Å². The minimum atomic E-state index is -1.38. The molecule has 0 aliphatic heterocycles.